The topological polar surface area (TPSA) is 40.5 Å². The Kier molecular flexibility index (Phi) is 4.58. The molecule has 4 heteroatoms. The van der Waals surface area contributed by atoms with Gasteiger partial charge in [-0.2, -0.15) is 0 Å². The molecule has 2 aromatic rings. The minimum Gasteiger partial charge on any atom is -0.480 e. The maximum Gasteiger partial charge on any atom is 0.323 e. The molecule has 3 nitrogen and oxygen atoms in total. The van der Waals surface area contributed by atoms with E-state index < -0.39 is 5.97 Å². The van der Waals surface area contributed by atoms with Crippen molar-refractivity contribution < 1.29 is 9.90 Å². The highest BCUT2D eigenvalue weighted by atomic mass is 32.1. The lowest BCUT2D eigenvalue weighted by atomic mass is 9.94. The van der Waals surface area contributed by atoms with Crippen LogP contribution in [-0.2, 0) is 4.79 Å². The number of aliphatic carboxylic acids is 1. The monoisotopic (exact) mass is 301 g/mol. The van der Waals surface area contributed by atoms with Gasteiger partial charge in [0.25, 0.3) is 0 Å². The van der Waals surface area contributed by atoms with E-state index in [2.05, 4.69) is 26.0 Å². The molecule has 0 aromatic heterocycles. The van der Waals surface area contributed by atoms with Crippen LogP contribution in [-0.4, -0.2) is 34.6 Å². The fourth-order valence-electron chi connectivity index (χ4n) is 2.50. The Morgan fingerprint density at radius 3 is 2.43 bits per heavy atom. The predicted octanol–water partition coefficient (Wildman–Crippen LogP) is 3.66. The average Bonchev–Trinajstić information content (AvgIpc) is 2.44. The third-order valence-electron chi connectivity index (χ3n) is 3.53. The zero-order chi connectivity index (χ0) is 15.6. The molecule has 0 aliphatic heterocycles. The van der Waals surface area contributed by atoms with Crippen molar-refractivity contribution in [3.63, 3.8) is 0 Å². The van der Waals surface area contributed by atoms with Crippen molar-refractivity contribution in [1.82, 2.24) is 4.90 Å². The molecular formula is C17H19NO2S. The summed E-state index contributed by atoms with van der Waals surface area (Å²) in [6.07, 6.45) is 0. The Labute approximate surface area is 130 Å². The van der Waals surface area contributed by atoms with Crippen LogP contribution in [0.3, 0.4) is 0 Å². The van der Waals surface area contributed by atoms with Gasteiger partial charge in [0.2, 0.25) is 0 Å². The quantitative estimate of drug-likeness (QED) is 0.875. The molecule has 0 fully saturated rings. The second-order valence-electron chi connectivity index (χ2n) is 5.46. The van der Waals surface area contributed by atoms with Gasteiger partial charge in [-0.25, -0.2) is 0 Å². The SMILES string of the molecule is CC(C)c1cccc2c(C(=S)N(C)CC(=O)O)cccc12. The number of fused-ring (bicyclic) bond motifs is 1. The lowest BCUT2D eigenvalue weighted by Crippen LogP contribution is -2.31. The van der Waals surface area contributed by atoms with Crippen LogP contribution in [0, 0.1) is 0 Å². The first kappa shape index (κ1) is 15.4. The molecule has 0 atom stereocenters. The fraction of sp³-hybridized carbons (Fsp3) is 0.294. The number of carboxylic acid groups (broad SMARTS) is 1. The van der Waals surface area contributed by atoms with Gasteiger partial charge in [-0.3, -0.25) is 4.79 Å². The van der Waals surface area contributed by atoms with Crippen LogP contribution in [0.15, 0.2) is 36.4 Å². The van der Waals surface area contributed by atoms with Crippen molar-refractivity contribution >= 4 is 33.9 Å². The molecule has 2 rings (SSSR count). The number of rotatable bonds is 4. The summed E-state index contributed by atoms with van der Waals surface area (Å²) in [5.74, 6) is -0.461. The van der Waals surface area contributed by atoms with Gasteiger partial charge in [0.05, 0.1) is 0 Å². The summed E-state index contributed by atoms with van der Waals surface area (Å²) in [5, 5.41) is 11.2. The zero-order valence-corrected chi connectivity index (χ0v) is 13.3. The molecule has 2 aromatic carbocycles. The number of thiocarbonyl (C=S) groups is 1. The molecule has 0 saturated carbocycles. The predicted molar refractivity (Wildman–Crippen MR) is 90.0 cm³/mol. The number of hydrogen-bond donors (Lipinski definition) is 1. The summed E-state index contributed by atoms with van der Waals surface area (Å²) in [5.41, 5.74) is 2.19. The third kappa shape index (κ3) is 3.22. The smallest absolute Gasteiger partial charge is 0.323 e. The van der Waals surface area contributed by atoms with Crippen LogP contribution in [0.1, 0.15) is 30.9 Å². The molecule has 0 radical (unpaired) electrons. The van der Waals surface area contributed by atoms with Crippen LogP contribution < -0.4 is 0 Å². The van der Waals surface area contributed by atoms with Gasteiger partial charge in [-0.15, -0.1) is 0 Å². The van der Waals surface area contributed by atoms with Crippen molar-refractivity contribution in [2.24, 2.45) is 0 Å². The Bertz CT molecular complexity index is 694. The Morgan fingerprint density at radius 1 is 1.19 bits per heavy atom. The first-order chi connectivity index (χ1) is 9.91. The van der Waals surface area contributed by atoms with E-state index in [1.54, 1.807) is 11.9 Å². The summed E-state index contributed by atoms with van der Waals surface area (Å²) in [6.45, 7) is 4.23. The second kappa shape index (κ2) is 6.22. The maximum absolute atomic E-state index is 10.9. The molecule has 0 amide bonds. The van der Waals surface area contributed by atoms with E-state index in [1.165, 1.54) is 10.9 Å². The molecule has 0 bridgehead atoms. The van der Waals surface area contributed by atoms with Gasteiger partial charge >= 0.3 is 5.97 Å². The lowest BCUT2D eigenvalue weighted by molar-refractivity contribution is -0.137. The van der Waals surface area contributed by atoms with Crippen LogP contribution >= 0.6 is 12.2 Å². The normalized spacial score (nSPS) is 10.9. The number of nitrogens with zero attached hydrogens (tertiary/aromatic N) is 1. The van der Waals surface area contributed by atoms with Gasteiger partial charge in [0.15, 0.2) is 0 Å². The minimum absolute atomic E-state index is 0.0981. The van der Waals surface area contributed by atoms with Crippen molar-refractivity contribution in [2.75, 3.05) is 13.6 Å². The molecule has 0 unspecified atom stereocenters. The van der Waals surface area contributed by atoms with E-state index in [0.29, 0.717) is 10.9 Å². The van der Waals surface area contributed by atoms with Crippen LogP contribution in [0.25, 0.3) is 10.8 Å². The number of hydrogen-bond acceptors (Lipinski definition) is 2. The van der Waals surface area contributed by atoms with Crippen molar-refractivity contribution in [1.29, 1.82) is 0 Å². The molecule has 110 valence electrons. The third-order valence-corrected chi connectivity index (χ3v) is 4.06. The van der Waals surface area contributed by atoms with E-state index in [4.69, 9.17) is 17.3 Å². The van der Waals surface area contributed by atoms with Crippen LogP contribution in [0.4, 0.5) is 0 Å². The van der Waals surface area contributed by atoms with E-state index in [1.807, 2.05) is 24.3 Å². The molecular weight excluding hydrogens is 282 g/mol. The zero-order valence-electron chi connectivity index (χ0n) is 12.5. The second-order valence-corrected chi connectivity index (χ2v) is 5.84. The first-order valence-corrected chi connectivity index (χ1v) is 7.31. The van der Waals surface area contributed by atoms with Crippen LogP contribution in [0.2, 0.25) is 0 Å². The van der Waals surface area contributed by atoms with Crippen molar-refractivity contribution in [3.05, 3.63) is 47.5 Å². The number of likely N-dealkylation sites (N-methyl/N-ethyl adjacent to an activating group) is 1. The number of benzene rings is 2. The minimum atomic E-state index is -0.886. The lowest BCUT2D eigenvalue weighted by Gasteiger charge is -2.20. The Balaban J connectivity index is 2.53. The maximum atomic E-state index is 10.9. The van der Waals surface area contributed by atoms with E-state index >= 15 is 0 Å². The first-order valence-electron chi connectivity index (χ1n) is 6.90. The van der Waals surface area contributed by atoms with Crippen molar-refractivity contribution in [3.8, 4) is 0 Å². The standard InChI is InChI=1S/C17H19NO2S/c1-11(2)12-6-4-8-14-13(12)7-5-9-15(14)17(21)18(3)10-16(19)20/h4-9,11H,10H2,1-3H3,(H,19,20). The largest absolute Gasteiger partial charge is 0.480 e. The molecule has 1 N–H and O–H groups in total. The highest BCUT2D eigenvalue weighted by molar-refractivity contribution is 7.80. The van der Waals surface area contributed by atoms with Gasteiger partial charge in [-0.1, -0.05) is 62.5 Å². The van der Waals surface area contributed by atoms with Gasteiger partial charge < -0.3 is 10.0 Å². The Hall–Kier alpha value is -1.94. The number of carbonyl (C=O) groups is 1. The average molecular weight is 301 g/mol. The molecule has 21 heavy (non-hydrogen) atoms. The summed E-state index contributed by atoms with van der Waals surface area (Å²) < 4.78 is 0. The summed E-state index contributed by atoms with van der Waals surface area (Å²) in [7, 11) is 1.71. The summed E-state index contributed by atoms with van der Waals surface area (Å²) in [6, 6.07) is 12.2. The molecule has 0 aliphatic carbocycles. The molecule has 0 spiro atoms. The van der Waals surface area contributed by atoms with Gasteiger partial charge in [0, 0.05) is 12.6 Å². The molecule has 0 heterocycles. The highest BCUT2D eigenvalue weighted by Crippen LogP contribution is 2.28. The van der Waals surface area contributed by atoms with Gasteiger partial charge in [0.1, 0.15) is 11.5 Å². The fourth-order valence-corrected chi connectivity index (χ4v) is 2.75. The highest BCUT2D eigenvalue weighted by Gasteiger charge is 2.14. The number of carboxylic acids is 1. The van der Waals surface area contributed by atoms with E-state index in [-0.39, 0.29) is 6.54 Å². The van der Waals surface area contributed by atoms with Crippen molar-refractivity contribution in [2.45, 2.75) is 19.8 Å². The Morgan fingerprint density at radius 2 is 1.81 bits per heavy atom. The summed E-state index contributed by atoms with van der Waals surface area (Å²) >= 11 is 5.46. The van der Waals surface area contributed by atoms with Gasteiger partial charge in [-0.05, 0) is 22.3 Å². The molecule has 0 aliphatic rings. The summed E-state index contributed by atoms with van der Waals surface area (Å²) in [4.78, 5) is 13.0. The van der Waals surface area contributed by atoms with Crippen LogP contribution in [0.5, 0.6) is 0 Å². The van der Waals surface area contributed by atoms with E-state index in [0.717, 1.165) is 10.9 Å². The van der Waals surface area contributed by atoms with E-state index in [9.17, 15) is 4.79 Å². The molecule has 0 saturated heterocycles.